The molecule has 5 heteroatoms. The van der Waals surface area contributed by atoms with Crippen LogP contribution in [0, 0.1) is 6.92 Å². The molecule has 1 N–H and O–H groups in total. The van der Waals surface area contributed by atoms with Crippen molar-refractivity contribution in [3.05, 3.63) is 72.3 Å². The van der Waals surface area contributed by atoms with Crippen LogP contribution in [-0.2, 0) is 0 Å². The Morgan fingerprint density at radius 1 is 1.19 bits per heavy atom. The van der Waals surface area contributed by atoms with Crippen LogP contribution in [0.2, 0.25) is 0 Å². The highest BCUT2D eigenvalue weighted by molar-refractivity contribution is 6.04. The van der Waals surface area contributed by atoms with Crippen LogP contribution in [-0.4, -0.2) is 20.7 Å². The van der Waals surface area contributed by atoms with Gasteiger partial charge in [0, 0.05) is 18.0 Å². The molecule has 0 saturated heterocycles. The fraction of sp³-hybridized carbons (Fsp3) is 0.0625. The summed E-state index contributed by atoms with van der Waals surface area (Å²) in [6.45, 7) is 1.96. The van der Waals surface area contributed by atoms with E-state index in [0.29, 0.717) is 11.3 Å². The van der Waals surface area contributed by atoms with E-state index >= 15 is 0 Å². The summed E-state index contributed by atoms with van der Waals surface area (Å²) in [6, 6.07) is 11.2. The molecule has 21 heavy (non-hydrogen) atoms. The lowest BCUT2D eigenvalue weighted by molar-refractivity contribution is 0.102. The lowest BCUT2D eigenvalue weighted by Crippen LogP contribution is -2.11. The molecule has 2 heterocycles. The van der Waals surface area contributed by atoms with E-state index in [2.05, 4.69) is 15.4 Å². The van der Waals surface area contributed by atoms with Gasteiger partial charge in [-0.25, -0.2) is 4.68 Å². The molecule has 1 amide bonds. The van der Waals surface area contributed by atoms with Gasteiger partial charge in [-0.1, -0.05) is 17.7 Å². The first-order chi connectivity index (χ1) is 10.2. The summed E-state index contributed by atoms with van der Waals surface area (Å²) in [4.78, 5) is 16.1. The summed E-state index contributed by atoms with van der Waals surface area (Å²) >= 11 is 0. The summed E-state index contributed by atoms with van der Waals surface area (Å²) < 4.78 is 1.69. The highest BCUT2D eigenvalue weighted by Gasteiger charge is 2.08. The zero-order valence-electron chi connectivity index (χ0n) is 11.5. The van der Waals surface area contributed by atoms with Crippen molar-refractivity contribution < 1.29 is 4.79 Å². The van der Waals surface area contributed by atoms with Gasteiger partial charge >= 0.3 is 0 Å². The number of rotatable bonds is 3. The highest BCUT2D eigenvalue weighted by atomic mass is 16.1. The second-order valence-corrected chi connectivity index (χ2v) is 4.70. The fourth-order valence-electron chi connectivity index (χ4n) is 2.01. The Kier molecular flexibility index (Phi) is 3.47. The van der Waals surface area contributed by atoms with E-state index in [1.807, 2.05) is 37.3 Å². The van der Waals surface area contributed by atoms with Crippen LogP contribution in [0.3, 0.4) is 0 Å². The minimum Gasteiger partial charge on any atom is -0.319 e. The van der Waals surface area contributed by atoms with Gasteiger partial charge in [0.2, 0.25) is 0 Å². The van der Waals surface area contributed by atoms with E-state index in [4.69, 9.17) is 0 Å². The van der Waals surface area contributed by atoms with Gasteiger partial charge < -0.3 is 5.32 Å². The summed E-state index contributed by atoms with van der Waals surface area (Å²) in [6.07, 6.45) is 6.78. The number of nitrogens with zero attached hydrogens (tertiary/aromatic N) is 3. The van der Waals surface area contributed by atoms with E-state index in [-0.39, 0.29) is 5.91 Å². The Labute approximate surface area is 122 Å². The number of hydrogen-bond acceptors (Lipinski definition) is 3. The number of benzene rings is 1. The molecular formula is C16H14N4O. The molecule has 104 valence electrons. The summed E-state index contributed by atoms with van der Waals surface area (Å²) in [7, 11) is 0. The molecule has 0 bridgehead atoms. The molecule has 3 aromatic rings. The van der Waals surface area contributed by atoms with Crippen LogP contribution < -0.4 is 5.32 Å². The second-order valence-electron chi connectivity index (χ2n) is 4.70. The quantitative estimate of drug-likeness (QED) is 0.801. The van der Waals surface area contributed by atoms with Gasteiger partial charge in [-0.05, 0) is 31.2 Å². The van der Waals surface area contributed by atoms with E-state index in [9.17, 15) is 4.79 Å². The lowest BCUT2D eigenvalue weighted by Gasteiger charge is -2.03. The third-order valence-corrected chi connectivity index (χ3v) is 3.05. The Balaban J connectivity index is 1.77. The molecule has 1 aromatic carbocycles. The van der Waals surface area contributed by atoms with E-state index < -0.39 is 0 Å². The largest absolute Gasteiger partial charge is 0.319 e. The van der Waals surface area contributed by atoms with Crippen molar-refractivity contribution in [1.82, 2.24) is 14.8 Å². The Morgan fingerprint density at radius 2 is 2.00 bits per heavy atom. The van der Waals surface area contributed by atoms with Crippen LogP contribution >= 0.6 is 0 Å². The average Bonchev–Trinajstić information content (AvgIpc) is 2.97. The van der Waals surface area contributed by atoms with Gasteiger partial charge in [-0.3, -0.25) is 9.78 Å². The first-order valence-corrected chi connectivity index (χ1v) is 6.55. The van der Waals surface area contributed by atoms with Crippen LogP contribution in [0.4, 0.5) is 5.69 Å². The average molecular weight is 278 g/mol. The predicted octanol–water partition coefficient (Wildman–Crippen LogP) is 2.83. The molecule has 5 nitrogen and oxygen atoms in total. The molecule has 0 spiro atoms. The normalized spacial score (nSPS) is 10.3. The highest BCUT2D eigenvalue weighted by Crippen LogP contribution is 2.12. The van der Waals surface area contributed by atoms with Crippen molar-refractivity contribution in [2.45, 2.75) is 6.92 Å². The number of aromatic nitrogens is 3. The lowest BCUT2D eigenvalue weighted by atomic mass is 10.1. The third kappa shape index (κ3) is 2.97. The summed E-state index contributed by atoms with van der Waals surface area (Å²) in [5, 5.41) is 7.06. The molecule has 0 atom stereocenters. The maximum absolute atomic E-state index is 12.2. The van der Waals surface area contributed by atoms with E-state index in [1.54, 1.807) is 35.5 Å². The minimum absolute atomic E-state index is 0.145. The number of hydrogen-bond donors (Lipinski definition) is 1. The second kappa shape index (κ2) is 5.58. The third-order valence-electron chi connectivity index (χ3n) is 3.05. The van der Waals surface area contributed by atoms with Crippen LogP contribution in [0.25, 0.3) is 5.69 Å². The van der Waals surface area contributed by atoms with Crippen LogP contribution in [0.5, 0.6) is 0 Å². The van der Waals surface area contributed by atoms with Crippen molar-refractivity contribution in [2.75, 3.05) is 5.32 Å². The van der Waals surface area contributed by atoms with Gasteiger partial charge in [0.25, 0.3) is 5.91 Å². The molecule has 2 aromatic heterocycles. The number of anilines is 1. The molecule has 0 unspecified atom stereocenters. The SMILES string of the molecule is Cc1cccc(C(=O)Nc2cnn(-c3ccncc3)c2)c1. The number of pyridine rings is 1. The van der Waals surface area contributed by atoms with Crippen molar-refractivity contribution in [2.24, 2.45) is 0 Å². The number of carbonyl (C=O) groups excluding carboxylic acids is 1. The first kappa shape index (κ1) is 13.1. The number of aryl methyl sites for hydroxylation is 1. The van der Waals surface area contributed by atoms with Crippen molar-refractivity contribution in [3.8, 4) is 5.69 Å². The van der Waals surface area contributed by atoms with Gasteiger partial charge in [-0.2, -0.15) is 5.10 Å². The maximum Gasteiger partial charge on any atom is 0.255 e. The topological polar surface area (TPSA) is 59.8 Å². The maximum atomic E-state index is 12.2. The number of amides is 1. The Hall–Kier alpha value is -2.95. The molecular weight excluding hydrogens is 264 g/mol. The van der Waals surface area contributed by atoms with Crippen molar-refractivity contribution >= 4 is 11.6 Å². The van der Waals surface area contributed by atoms with Crippen LogP contribution in [0.1, 0.15) is 15.9 Å². The van der Waals surface area contributed by atoms with Gasteiger partial charge in [-0.15, -0.1) is 0 Å². The first-order valence-electron chi connectivity index (χ1n) is 6.55. The van der Waals surface area contributed by atoms with E-state index in [0.717, 1.165) is 11.3 Å². The zero-order chi connectivity index (χ0) is 14.7. The standard InChI is InChI=1S/C16H14N4O/c1-12-3-2-4-13(9-12)16(21)19-14-10-18-20(11-14)15-5-7-17-8-6-15/h2-11H,1H3,(H,19,21). The Bertz CT molecular complexity index is 765. The molecule has 0 aliphatic carbocycles. The summed E-state index contributed by atoms with van der Waals surface area (Å²) in [5.74, 6) is -0.145. The van der Waals surface area contributed by atoms with E-state index in [1.165, 1.54) is 0 Å². The smallest absolute Gasteiger partial charge is 0.255 e. The monoisotopic (exact) mass is 278 g/mol. The van der Waals surface area contributed by atoms with Crippen LogP contribution in [0.15, 0.2) is 61.2 Å². The molecule has 0 fully saturated rings. The minimum atomic E-state index is -0.145. The zero-order valence-corrected chi connectivity index (χ0v) is 11.5. The molecule has 0 aliphatic rings. The van der Waals surface area contributed by atoms with Gasteiger partial charge in [0.05, 0.1) is 23.8 Å². The molecule has 0 aliphatic heterocycles. The molecule has 3 rings (SSSR count). The number of carbonyl (C=O) groups is 1. The number of nitrogens with one attached hydrogen (secondary N) is 1. The molecule has 0 saturated carbocycles. The Morgan fingerprint density at radius 3 is 2.76 bits per heavy atom. The molecule has 0 radical (unpaired) electrons. The van der Waals surface area contributed by atoms with Crippen molar-refractivity contribution in [1.29, 1.82) is 0 Å². The summed E-state index contributed by atoms with van der Waals surface area (Å²) in [5.41, 5.74) is 3.22. The van der Waals surface area contributed by atoms with Gasteiger partial charge in [0.15, 0.2) is 0 Å². The van der Waals surface area contributed by atoms with Gasteiger partial charge in [0.1, 0.15) is 0 Å². The fourth-order valence-corrected chi connectivity index (χ4v) is 2.01. The van der Waals surface area contributed by atoms with Crippen molar-refractivity contribution in [3.63, 3.8) is 0 Å². The predicted molar refractivity (Wildman–Crippen MR) is 80.5 cm³/mol.